The third-order valence-electron chi connectivity index (χ3n) is 3.46. The second kappa shape index (κ2) is 5.17. The molecule has 6 heteroatoms. The van der Waals surface area contributed by atoms with Gasteiger partial charge in [-0.25, -0.2) is 13.1 Å². The van der Waals surface area contributed by atoms with E-state index in [0.717, 1.165) is 19.3 Å². The number of nitrogens with one attached hydrogen (secondary N) is 1. The molecule has 0 aromatic carbocycles. The van der Waals surface area contributed by atoms with Crippen molar-refractivity contribution in [1.29, 1.82) is 0 Å². The summed E-state index contributed by atoms with van der Waals surface area (Å²) in [7, 11) is -3.51. The van der Waals surface area contributed by atoms with Gasteiger partial charge in [-0.2, -0.15) is 0 Å². The van der Waals surface area contributed by atoms with Crippen molar-refractivity contribution >= 4 is 16.0 Å². The molecule has 1 rings (SSSR count). The molecule has 5 nitrogen and oxygen atoms in total. The molecule has 0 aromatic heterocycles. The largest absolute Gasteiger partial charge is 0.481 e. The molecule has 1 saturated carbocycles. The minimum absolute atomic E-state index is 0.137. The van der Waals surface area contributed by atoms with E-state index in [1.807, 2.05) is 0 Å². The summed E-state index contributed by atoms with van der Waals surface area (Å²) < 4.78 is 26.2. The third kappa shape index (κ3) is 3.68. The van der Waals surface area contributed by atoms with Crippen LogP contribution in [0.1, 0.15) is 59.3 Å². The molecule has 0 amide bonds. The molecule has 0 heterocycles. The fraction of sp³-hybridized carbons (Fsp3) is 0.917. The zero-order valence-electron chi connectivity index (χ0n) is 11.3. The molecule has 0 bridgehead atoms. The number of carbonyl (C=O) groups is 1. The molecule has 0 atom stereocenters. The van der Waals surface area contributed by atoms with Crippen molar-refractivity contribution in [3.63, 3.8) is 0 Å². The predicted molar refractivity (Wildman–Crippen MR) is 69.9 cm³/mol. The van der Waals surface area contributed by atoms with Crippen LogP contribution in [0.5, 0.6) is 0 Å². The number of hydrogen-bond donors (Lipinski definition) is 2. The zero-order chi connectivity index (χ0) is 14.0. The Morgan fingerprint density at radius 3 is 2.11 bits per heavy atom. The van der Waals surface area contributed by atoms with Crippen LogP contribution in [0.15, 0.2) is 0 Å². The summed E-state index contributed by atoms with van der Waals surface area (Å²) in [6, 6.07) is 0. The smallest absolute Gasteiger partial charge is 0.305 e. The molecule has 1 aliphatic rings. The van der Waals surface area contributed by atoms with Gasteiger partial charge in [0.1, 0.15) is 0 Å². The second-order valence-electron chi connectivity index (χ2n) is 6.13. The Kier molecular flexibility index (Phi) is 4.43. The van der Waals surface area contributed by atoms with E-state index in [2.05, 4.69) is 4.72 Å². The summed E-state index contributed by atoms with van der Waals surface area (Å²) in [5, 5.41) is 9.00. The molecule has 0 aromatic rings. The lowest BCUT2D eigenvalue weighted by molar-refractivity contribution is -0.138. The molecule has 0 saturated heterocycles. The molecule has 0 unspecified atom stereocenters. The van der Waals surface area contributed by atoms with Crippen LogP contribution in [0.25, 0.3) is 0 Å². The first-order chi connectivity index (χ1) is 8.08. The highest BCUT2D eigenvalue weighted by molar-refractivity contribution is 7.90. The summed E-state index contributed by atoms with van der Waals surface area (Å²) in [6.45, 7) is 4.85. The molecular weight excluding hydrogens is 254 g/mol. The standard InChI is InChI=1S/C12H23NO4S/c1-11(2,3)18(16,17)13-12(9-10(14)15)7-5-4-6-8-12/h13H,4-9H2,1-3H3,(H,14,15). The molecule has 0 aliphatic heterocycles. The van der Waals surface area contributed by atoms with Crippen LogP contribution >= 0.6 is 0 Å². The van der Waals surface area contributed by atoms with Gasteiger partial charge in [-0.15, -0.1) is 0 Å². The monoisotopic (exact) mass is 277 g/mol. The maximum Gasteiger partial charge on any atom is 0.305 e. The zero-order valence-corrected chi connectivity index (χ0v) is 12.1. The van der Waals surface area contributed by atoms with Crippen LogP contribution < -0.4 is 4.72 Å². The van der Waals surface area contributed by atoms with E-state index in [9.17, 15) is 13.2 Å². The topological polar surface area (TPSA) is 83.5 Å². The molecular formula is C12H23NO4S. The molecule has 2 N–H and O–H groups in total. The van der Waals surface area contributed by atoms with Crippen LogP contribution in [0.4, 0.5) is 0 Å². The summed E-state index contributed by atoms with van der Waals surface area (Å²) in [4.78, 5) is 11.0. The van der Waals surface area contributed by atoms with Crippen molar-refractivity contribution in [2.45, 2.75) is 69.6 Å². The van der Waals surface area contributed by atoms with Crippen LogP contribution in [0.2, 0.25) is 0 Å². The normalized spacial score (nSPS) is 20.6. The van der Waals surface area contributed by atoms with E-state index in [1.165, 1.54) is 0 Å². The van der Waals surface area contributed by atoms with E-state index in [4.69, 9.17) is 5.11 Å². The molecule has 106 valence electrons. The Morgan fingerprint density at radius 2 is 1.72 bits per heavy atom. The van der Waals surface area contributed by atoms with Gasteiger partial charge in [-0.05, 0) is 33.6 Å². The van der Waals surface area contributed by atoms with Gasteiger partial charge in [0.25, 0.3) is 0 Å². The van der Waals surface area contributed by atoms with Gasteiger partial charge in [0.05, 0.1) is 11.2 Å². The second-order valence-corrected chi connectivity index (χ2v) is 8.57. The highest BCUT2D eigenvalue weighted by Crippen LogP contribution is 2.33. The lowest BCUT2D eigenvalue weighted by Crippen LogP contribution is -2.55. The van der Waals surface area contributed by atoms with E-state index in [-0.39, 0.29) is 6.42 Å². The first kappa shape index (κ1) is 15.4. The molecule has 0 radical (unpaired) electrons. The average Bonchev–Trinajstić information content (AvgIpc) is 2.14. The van der Waals surface area contributed by atoms with E-state index >= 15 is 0 Å². The Balaban J connectivity index is 2.95. The number of carboxylic acid groups (broad SMARTS) is 1. The summed E-state index contributed by atoms with van der Waals surface area (Å²) >= 11 is 0. The number of sulfonamides is 1. The van der Waals surface area contributed by atoms with Gasteiger partial charge < -0.3 is 5.11 Å². The number of hydrogen-bond acceptors (Lipinski definition) is 3. The van der Waals surface area contributed by atoms with Gasteiger partial charge in [-0.3, -0.25) is 4.79 Å². The minimum Gasteiger partial charge on any atom is -0.481 e. The van der Waals surface area contributed by atoms with E-state index < -0.39 is 26.3 Å². The Morgan fingerprint density at radius 1 is 1.22 bits per heavy atom. The maximum atomic E-state index is 12.2. The molecule has 1 fully saturated rings. The first-order valence-corrected chi connectivity index (χ1v) is 7.82. The fourth-order valence-electron chi connectivity index (χ4n) is 2.27. The SMILES string of the molecule is CC(C)(C)S(=O)(=O)NC1(CC(=O)O)CCCCC1. The van der Waals surface area contributed by atoms with Gasteiger partial charge in [-0.1, -0.05) is 19.3 Å². The lowest BCUT2D eigenvalue weighted by Gasteiger charge is -2.38. The quantitative estimate of drug-likeness (QED) is 0.822. The van der Waals surface area contributed by atoms with Gasteiger partial charge in [0.15, 0.2) is 0 Å². The Bertz CT molecular complexity index is 402. The van der Waals surface area contributed by atoms with E-state index in [1.54, 1.807) is 20.8 Å². The highest BCUT2D eigenvalue weighted by Gasteiger charge is 2.41. The van der Waals surface area contributed by atoms with Crippen LogP contribution in [-0.4, -0.2) is 29.8 Å². The van der Waals surface area contributed by atoms with Crippen molar-refractivity contribution in [3.05, 3.63) is 0 Å². The third-order valence-corrected chi connectivity index (χ3v) is 5.77. The summed E-state index contributed by atoms with van der Waals surface area (Å²) in [6.07, 6.45) is 3.87. The van der Waals surface area contributed by atoms with Crippen LogP contribution in [0.3, 0.4) is 0 Å². The molecule has 1 aliphatic carbocycles. The first-order valence-electron chi connectivity index (χ1n) is 6.33. The summed E-state index contributed by atoms with van der Waals surface area (Å²) in [5.41, 5.74) is -0.795. The van der Waals surface area contributed by atoms with Gasteiger partial charge in [0.2, 0.25) is 10.0 Å². The van der Waals surface area contributed by atoms with Crippen molar-refractivity contribution in [3.8, 4) is 0 Å². The van der Waals surface area contributed by atoms with Gasteiger partial charge in [0, 0.05) is 5.54 Å². The highest BCUT2D eigenvalue weighted by atomic mass is 32.2. The Hall–Kier alpha value is -0.620. The van der Waals surface area contributed by atoms with Crippen molar-refractivity contribution in [2.24, 2.45) is 0 Å². The maximum absolute atomic E-state index is 12.2. The molecule has 0 spiro atoms. The van der Waals surface area contributed by atoms with Gasteiger partial charge >= 0.3 is 5.97 Å². The Labute approximate surface area is 109 Å². The lowest BCUT2D eigenvalue weighted by atomic mass is 9.80. The van der Waals surface area contributed by atoms with Crippen LogP contribution in [-0.2, 0) is 14.8 Å². The summed E-state index contributed by atoms with van der Waals surface area (Å²) in [5.74, 6) is -0.950. The fourth-order valence-corrected chi connectivity index (χ4v) is 3.42. The number of rotatable bonds is 4. The number of carboxylic acids is 1. The number of aliphatic carboxylic acids is 1. The minimum atomic E-state index is -3.51. The van der Waals surface area contributed by atoms with Crippen molar-refractivity contribution < 1.29 is 18.3 Å². The molecule has 18 heavy (non-hydrogen) atoms. The van der Waals surface area contributed by atoms with E-state index in [0.29, 0.717) is 12.8 Å². The predicted octanol–water partition coefficient (Wildman–Crippen LogP) is 1.88. The van der Waals surface area contributed by atoms with Crippen molar-refractivity contribution in [2.75, 3.05) is 0 Å². The average molecular weight is 277 g/mol. The van der Waals surface area contributed by atoms with Crippen molar-refractivity contribution in [1.82, 2.24) is 4.72 Å². The van der Waals surface area contributed by atoms with Crippen LogP contribution in [0, 0.1) is 0 Å².